The van der Waals surface area contributed by atoms with Gasteiger partial charge in [-0.15, -0.1) is 11.8 Å². The van der Waals surface area contributed by atoms with E-state index in [1.165, 1.54) is 16.7 Å². The molecule has 0 aliphatic carbocycles. The Balaban J connectivity index is 2.75. The van der Waals surface area contributed by atoms with Crippen LogP contribution < -0.4 is 5.73 Å². The Bertz CT molecular complexity index is 403. The van der Waals surface area contributed by atoms with Crippen molar-refractivity contribution in [3.05, 3.63) is 0 Å². The minimum atomic E-state index is -1.08. The van der Waals surface area contributed by atoms with Gasteiger partial charge in [0, 0.05) is 18.7 Å². The van der Waals surface area contributed by atoms with Gasteiger partial charge < -0.3 is 20.5 Å². The zero-order valence-electron chi connectivity index (χ0n) is 11.6. The number of carboxylic acid groups (broad SMARTS) is 1. The van der Waals surface area contributed by atoms with E-state index in [0.717, 1.165) is 0 Å². The lowest BCUT2D eigenvalue weighted by Crippen LogP contribution is -2.54. The highest BCUT2D eigenvalue weighted by atomic mass is 32.2. The van der Waals surface area contributed by atoms with Crippen LogP contribution in [0.2, 0.25) is 0 Å². The first-order valence-corrected chi connectivity index (χ1v) is 7.41. The Morgan fingerprint density at radius 1 is 1.50 bits per heavy atom. The molecule has 1 heterocycles. The number of nitrogens with two attached hydrogens (primary N) is 1. The van der Waals surface area contributed by atoms with E-state index < -0.39 is 28.8 Å². The minimum absolute atomic E-state index is 0.0498. The average Bonchev–Trinajstić information content (AvgIpc) is 2.78. The fourth-order valence-corrected chi connectivity index (χ4v) is 3.17. The van der Waals surface area contributed by atoms with Crippen LogP contribution in [0.5, 0.6) is 0 Å². The molecule has 0 unspecified atom stereocenters. The minimum Gasteiger partial charge on any atom is -0.481 e. The molecule has 0 bridgehead atoms. The highest BCUT2D eigenvalue weighted by Gasteiger charge is 2.48. The molecule has 1 aliphatic rings. The summed E-state index contributed by atoms with van der Waals surface area (Å²) in [5.41, 5.74) is 5.72. The predicted octanol–water partition coefficient (Wildman–Crippen LogP) is 0.0332. The van der Waals surface area contributed by atoms with E-state index in [2.05, 4.69) is 0 Å². The Kier molecular flexibility index (Phi) is 5.82. The van der Waals surface area contributed by atoms with Gasteiger partial charge in [-0.3, -0.25) is 9.59 Å². The maximum Gasteiger partial charge on any atom is 0.342 e. The lowest BCUT2D eigenvalue weighted by atomic mass is 10.1. The third-order valence-electron chi connectivity index (χ3n) is 3.12. The summed E-state index contributed by atoms with van der Waals surface area (Å²) in [6.07, 6.45) is -0.127. The Hall–Kier alpha value is -1.28. The van der Waals surface area contributed by atoms with Crippen molar-refractivity contribution in [3.8, 4) is 0 Å². The number of ether oxygens (including phenoxy) is 1. The molecule has 8 heteroatoms. The van der Waals surface area contributed by atoms with Gasteiger partial charge in [-0.2, -0.15) is 0 Å². The lowest BCUT2D eigenvalue weighted by molar-refractivity contribution is -0.156. The number of aliphatic carboxylic acids is 1. The number of esters is 1. The SMILES string of the molecule is CCOC(=O)[C@]1(C)SCCN1C(=O)[C@@H](N)CCC(=O)O. The molecule has 7 nitrogen and oxygen atoms in total. The van der Waals surface area contributed by atoms with Gasteiger partial charge in [-0.05, 0) is 20.3 Å². The van der Waals surface area contributed by atoms with Gasteiger partial charge in [0.1, 0.15) is 0 Å². The number of hydrogen-bond acceptors (Lipinski definition) is 6. The maximum absolute atomic E-state index is 12.3. The van der Waals surface area contributed by atoms with Gasteiger partial charge in [0.15, 0.2) is 4.87 Å². The van der Waals surface area contributed by atoms with Crippen LogP contribution in [-0.2, 0) is 19.1 Å². The number of thioether (sulfide) groups is 1. The summed E-state index contributed by atoms with van der Waals surface area (Å²) < 4.78 is 5.00. The van der Waals surface area contributed by atoms with Crippen molar-refractivity contribution in [2.24, 2.45) is 5.73 Å². The molecule has 0 spiro atoms. The zero-order valence-corrected chi connectivity index (χ0v) is 12.4. The average molecular weight is 304 g/mol. The summed E-state index contributed by atoms with van der Waals surface area (Å²) in [5, 5.41) is 8.61. The van der Waals surface area contributed by atoms with Gasteiger partial charge in [-0.1, -0.05) is 0 Å². The molecule has 2 atom stereocenters. The van der Waals surface area contributed by atoms with Crippen LogP contribution in [0.4, 0.5) is 0 Å². The molecule has 0 aromatic carbocycles. The molecule has 0 aromatic heterocycles. The van der Waals surface area contributed by atoms with Gasteiger partial charge in [-0.25, -0.2) is 4.79 Å². The van der Waals surface area contributed by atoms with Gasteiger partial charge >= 0.3 is 11.9 Å². The smallest absolute Gasteiger partial charge is 0.342 e. The third-order valence-corrected chi connectivity index (χ3v) is 4.46. The standard InChI is InChI=1S/C12H20N2O5S/c1-3-19-11(18)12(2)14(6-7-20-12)10(17)8(13)4-5-9(15)16/h8H,3-7,13H2,1-2H3,(H,15,16)/t8-,12-/m0/s1. The van der Waals surface area contributed by atoms with E-state index in [1.807, 2.05) is 0 Å². The number of carboxylic acids is 1. The maximum atomic E-state index is 12.3. The van der Waals surface area contributed by atoms with E-state index in [4.69, 9.17) is 15.6 Å². The molecule has 1 saturated heterocycles. The third kappa shape index (κ3) is 3.63. The Morgan fingerprint density at radius 3 is 2.70 bits per heavy atom. The first kappa shape index (κ1) is 16.8. The highest BCUT2D eigenvalue weighted by Crippen LogP contribution is 2.37. The molecule has 1 rings (SSSR count). The molecule has 1 fully saturated rings. The van der Waals surface area contributed by atoms with Crippen molar-refractivity contribution in [3.63, 3.8) is 0 Å². The number of amides is 1. The van der Waals surface area contributed by atoms with Crippen LogP contribution in [0.3, 0.4) is 0 Å². The molecule has 0 aromatic rings. The first-order valence-electron chi connectivity index (χ1n) is 6.43. The topological polar surface area (TPSA) is 110 Å². The molecule has 3 N–H and O–H groups in total. The van der Waals surface area contributed by atoms with Gasteiger partial charge in [0.2, 0.25) is 5.91 Å². The van der Waals surface area contributed by atoms with E-state index in [1.54, 1.807) is 13.8 Å². The van der Waals surface area contributed by atoms with Crippen LogP contribution in [-0.4, -0.2) is 57.7 Å². The molecular weight excluding hydrogens is 284 g/mol. The summed E-state index contributed by atoms with van der Waals surface area (Å²) in [4.78, 5) is 35.1. The summed E-state index contributed by atoms with van der Waals surface area (Å²) in [7, 11) is 0. The Labute approximate surface area is 121 Å². The first-order chi connectivity index (χ1) is 9.32. The fraction of sp³-hybridized carbons (Fsp3) is 0.750. The molecule has 114 valence electrons. The second kappa shape index (κ2) is 6.94. The molecule has 1 amide bonds. The summed E-state index contributed by atoms with van der Waals surface area (Å²) >= 11 is 1.33. The van der Waals surface area contributed by atoms with Crippen molar-refractivity contribution in [1.82, 2.24) is 4.90 Å². The van der Waals surface area contributed by atoms with Crippen LogP contribution in [0, 0.1) is 0 Å². The second-order valence-electron chi connectivity index (χ2n) is 4.58. The van der Waals surface area contributed by atoms with Gasteiger partial charge in [0.05, 0.1) is 12.6 Å². The quantitative estimate of drug-likeness (QED) is 0.666. The number of rotatable bonds is 6. The number of hydrogen-bond donors (Lipinski definition) is 2. The van der Waals surface area contributed by atoms with Gasteiger partial charge in [0.25, 0.3) is 0 Å². The van der Waals surface area contributed by atoms with Crippen LogP contribution in [0.1, 0.15) is 26.7 Å². The van der Waals surface area contributed by atoms with E-state index >= 15 is 0 Å². The molecular formula is C12H20N2O5S. The number of carbonyl (C=O) groups is 3. The number of carbonyl (C=O) groups excluding carboxylic acids is 2. The van der Waals surface area contributed by atoms with Crippen molar-refractivity contribution in [1.29, 1.82) is 0 Å². The summed E-state index contributed by atoms with van der Waals surface area (Å²) in [5.74, 6) is -1.27. The second-order valence-corrected chi connectivity index (χ2v) is 6.07. The summed E-state index contributed by atoms with van der Waals surface area (Å²) in [6, 6.07) is -0.918. The van der Waals surface area contributed by atoms with E-state index in [-0.39, 0.29) is 19.4 Å². The molecule has 1 aliphatic heterocycles. The normalized spacial score (nSPS) is 23.4. The molecule has 0 saturated carbocycles. The fourth-order valence-electron chi connectivity index (χ4n) is 1.98. The Morgan fingerprint density at radius 2 is 2.15 bits per heavy atom. The summed E-state index contributed by atoms with van der Waals surface area (Å²) in [6.45, 7) is 3.97. The van der Waals surface area contributed by atoms with E-state index in [9.17, 15) is 14.4 Å². The van der Waals surface area contributed by atoms with Crippen molar-refractivity contribution < 1.29 is 24.2 Å². The lowest BCUT2D eigenvalue weighted by Gasteiger charge is -2.33. The highest BCUT2D eigenvalue weighted by molar-refractivity contribution is 8.01. The largest absolute Gasteiger partial charge is 0.481 e. The van der Waals surface area contributed by atoms with E-state index in [0.29, 0.717) is 12.3 Å². The van der Waals surface area contributed by atoms with Crippen LogP contribution in [0.15, 0.2) is 0 Å². The van der Waals surface area contributed by atoms with Crippen molar-refractivity contribution in [2.45, 2.75) is 37.6 Å². The van der Waals surface area contributed by atoms with Crippen LogP contribution >= 0.6 is 11.8 Å². The predicted molar refractivity (Wildman–Crippen MR) is 74.1 cm³/mol. The van der Waals surface area contributed by atoms with Crippen molar-refractivity contribution in [2.75, 3.05) is 18.9 Å². The van der Waals surface area contributed by atoms with Crippen LogP contribution in [0.25, 0.3) is 0 Å². The zero-order chi connectivity index (χ0) is 15.3. The number of nitrogens with zero attached hydrogens (tertiary/aromatic N) is 1. The molecule has 20 heavy (non-hydrogen) atoms. The van der Waals surface area contributed by atoms with Crippen molar-refractivity contribution >= 4 is 29.6 Å². The monoisotopic (exact) mass is 304 g/mol. The molecule has 0 radical (unpaired) electrons.